The molecule has 2 heterocycles. The Morgan fingerprint density at radius 1 is 1.07 bits per heavy atom. The van der Waals surface area contributed by atoms with Crippen LogP contribution in [0, 0.1) is 0 Å². The van der Waals surface area contributed by atoms with E-state index in [2.05, 4.69) is 5.32 Å². The van der Waals surface area contributed by atoms with Crippen molar-refractivity contribution in [3.05, 3.63) is 59.1 Å². The summed E-state index contributed by atoms with van der Waals surface area (Å²) in [4.78, 5) is 25.0. The molecule has 1 atom stereocenters. The highest BCUT2D eigenvalue weighted by Crippen LogP contribution is 2.23. The Morgan fingerprint density at radius 2 is 1.72 bits per heavy atom. The highest BCUT2D eigenvalue weighted by atomic mass is 32.2. The second-order valence-electron chi connectivity index (χ2n) is 7.01. The van der Waals surface area contributed by atoms with E-state index >= 15 is 0 Å². The number of para-hydroxylation sites is 2. The van der Waals surface area contributed by atoms with Gasteiger partial charge in [-0.3, -0.25) is 9.36 Å². The van der Waals surface area contributed by atoms with Crippen molar-refractivity contribution in [2.24, 2.45) is 0 Å². The number of nitrogens with zero attached hydrogens (tertiary/aromatic N) is 2. The van der Waals surface area contributed by atoms with Crippen LogP contribution in [0.25, 0.3) is 11.1 Å². The van der Waals surface area contributed by atoms with Crippen molar-refractivity contribution < 1.29 is 17.6 Å². The lowest BCUT2D eigenvalue weighted by Gasteiger charge is -2.16. The van der Waals surface area contributed by atoms with E-state index in [1.54, 1.807) is 43.3 Å². The van der Waals surface area contributed by atoms with Crippen molar-refractivity contribution in [2.45, 2.75) is 30.7 Å². The van der Waals surface area contributed by atoms with Gasteiger partial charge >= 0.3 is 5.76 Å². The Labute approximate surface area is 167 Å². The minimum atomic E-state index is -3.50. The average Bonchev–Trinajstić information content (AvgIpc) is 3.35. The number of carbonyl (C=O) groups is 1. The monoisotopic (exact) mass is 415 g/mol. The lowest BCUT2D eigenvalue weighted by Crippen LogP contribution is -2.29. The van der Waals surface area contributed by atoms with E-state index in [9.17, 15) is 18.0 Å². The molecule has 1 saturated heterocycles. The zero-order valence-corrected chi connectivity index (χ0v) is 16.7. The molecular weight excluding hydrogens is 394 g/mol. The first-order valence-electron chi connectivity index (χ1n) is 9.39. The van der Waals surface area contributed by atoms with Gasteiger partial charge in [0.15, 0.2) is 5.58 Å². The first-order chi connectivity index (χ1) is 13.9. The predicted octanol–water partition coefficient (Wildman–Crippen LogP) is 2.58. The third-order valence-electron chi connectivity index (χ3n) is 5.11. The number of aromatic nitrogens is 1. The summed E-state index contributed by atoms with van der Waals surface area (Å²) in [5.74, 6) is -1.02. The molecule has 8 nitrogen and oxygen atoms in total. The van der Waals surface area contributed by atoms with Crippen molar-refractivity contribution >= 4 is 32.7 Å². The van der Waals surface area contributed by atoms with E-state index in [-0.39, 0.29) is 4.90 Å². The number of hydrogen-bond donors (Lipinski definition) is 1. The number of oxazole rings is 1. The summed E-state index contributed by atoms with van der Waals surface area (Å²) in [6.45, 7) is 2.67. The minimum Gasteiger partial charge on any atom is -0.408 e. The van der Waals surface area contributed by atoms with Gasteiger partial charge in [-0.25, -0.2) is 13.2 Å². The number of carbonyl (C=O) groups excluding carboxylic acids is 1. The van der Waals surface area contributed by atoms with Crippen LogP contribution >= 0.6 is 0 Å². The second-order valence-corrected chi connectivity index (χ2v) is 8.94. The number of hydrogen-bond acceptors (Lipinski definition) is 5. The molecule has 1 unspecified atom stereocenters. The lowest BCUT2D eigenvalue weighted by molar-refractivity contribution is -0.118. The molecule has 1 aliphatic heterocycles. The van der Waals surface area contributed by atoms with E-state index < -0.39 is 27.7 Å². The maximum Gasteiger partial charge on any atom is 0.420 e. The Morgan fingerprint density at radius 3 is 2.41 bits per heavy atom. The smallest absolute Gasteiger partial charge is 0.408 e. The van der Waals surface area contributed by atoms with Crippen molar-refractivity contribution in [1.82, 2.24) is 8.87 Å². The summed E-state index contributed by atoms with van der Waals surface area (Å²) in [5.41, 5.74) is 1.39. The topological polar surface area (TPSA) is 102 Å². The molecule has 1 aliphatic rings. The molecular formula is C20H21N3O5S. The van der Waals surface area contributed by atoms with Gasteiger partial charge in [0.05, 0.1) is 10.4 Å². The minimum absolute atomic E-state index is 0.197. The zero-order chi connectivity index (χ0) is 20.6. The van der Waals surface area contributed by atoms with E-state index in [0.29, 0.717) is 29.9 Å². The number of benzene rings is 2. The highest BCUT2D eigenvalue weighted by Gasteiger charge is 2.27. The molecule has 0 bridgehead atoms. The maximum atomic E-state index is 12.7. The number of amides is 1. The van der Waals surface area contributed by atoms with Crippen molar-refractivity contribution in [3.63, 3.8) is 0 Å². The molecule has 1 fully saturated rings. The van der Waals surface area contributed by atoms with Gasteiger partial charge in [-0.15, -0.1) is 0 Å². The van der Waals surface area contributed by atoms with Crippen molar-refractivity contribution in [2.75, 3.05) is 18.4 Å². The highest BCUT2D eigenvalue weighted by molar-refractivity contribution is 7.89. The quantitative estimate of drug-likeness (QED) is 0.690. The summed E-state index contributed by atoms with van der Waals surface area (Å²) < 4.78 is 33.1. The third-order valence-corrected chi connectivity index (χ3v) is 7.02. The molecule has 9 heteroatoms. The zero-order valence-electron chi connectivity index (χ0n) is 15.9. The maximum absolute atomic E-state index is 12.7. The molecule has 0 aliphatic carbocycles. The fourth-order valence-corrected chi connectivity index (χ4v) is 5.02. The second kappa shape index (κ2) is 7.49. The van der Waals surface area contributed by atoms with Crippen LogP contribution in [0.3, 0.4) is 0 Å². The van der Waals surface area contributed by atoms with E-state index in [0.717, 1.165) is 12.8 Å². The molecule has 0 saturated carbocycles. The van der Waals surface area contributed by atoms with E-state index in [1.807, 2.05) is 0 Å². The molecule has 0 radical (unpaired) electrons. The Kier molecular flexibility index (Phi) is 5.01. The summed E-state index contributed by atoms with van der Waals surface area (Å²) in [6.07, 6.45) is 1.74. The largest absolute Gasteiger partial charge is 0.420 e. The van der Waals surface area contributed by atoms with E-state index in [1.165, 1.54) is 21.0 Å². The Balaban J connectivity index is 1.52. The lowest BCUT2D eigenvalue weighted by atomic mass is 10.2. The van der Waals surface area contributed by atoms with Gasteiger partial charge in [0.1, 0.15) is 6.04 Å². The molecule has 0 spiro atoms. The van der Waals surface area contributed by atoms with Gasteiger partial charge in [-0.2, -0.15) is 4.31 Å². The van der Waals surface area contributed by atoms with Gasteiger partial charge in [-0.05, 0) is 56.2 Å². The number of sulfonamides is 1. The number of anilines is 1. The van der Waals surface area contributed by atoms with Crippen LogP contribution in [-0.2, 0) is 14.8 Å². The molecule has 152 valence electrons. The molecule has 1 aromatic heterocycles. The fraction of sp³-hybridized carbons (Fsp3) is 0.300. The molecule has 1 N–H and O–H groups in total. The molecule has 4 rings (SSSR count). The summed E-state index contributed by atoms with van der Waals surface area (Å²) in [7, 11) is -3.50. The molecule has 1 amide bonds. The number of rotatable bonds is 5. The van der Waals surface area contributed by atoms with Gasteiger partial charge in [0.25, 0.3) is 0 Å². The van der Waals surface area contributed by atoms with Crippen LogP contribution in [0.2, 0.25) is 0 Å². The van der Waals surface area contributed by atoms with Crippen LogP contribution in [0.4, 0.5) is 5.69 Å². The van der Waals surface area contributed by atoms with Crippen molar-refractivity contribution in [1.29, 1.82) is 0 Å². The first kappa shape index (κ1) is 19.4. The van der Waals surface area contributed by atoms with Gasteiger partial charge < -0.3 is 9.73 Å². The third kappa shape index (κ3) is 3.58. The van der Waals surface area contributed by atoms with Crippen molar-refractivity contribution in [3.8, 4) is 0 Å². The Hall–Kier alpha value is -2.91. The molecule has 2 aromatic carbocycles. The predicted molar refractivity (Wildman–Crippen MR) is 108 cm³/mol. The standard InChI is InChI=1S/C20H21N3O5S/c1-14(23-17-6-2-3-7-18(17)28-20(23)25)19(24)21-15-8-10-16(11-9-15)29(26,27)22-12-4-5-13-22/h2-3,6-11,14H,4-5,12-13H2,1H3,(H,21,24). The number of nitrogens with one attached hydrogen (secondary N) is 1. The van der Waals surface area contributed by atoms with E-state index in [4.69, 9.17) is 4.42 Å². The van der Waals surface area contributed by atoms with Crippen LogP contribution < -0.4 is 11.1 Å². The van der Waals surface area contributed by atoms with Crippen LogP contribution in [0.5, 0.6) is 0 Å². The summed E-state index contributed by atoms with van der Waals surface area (Å²) in [6, 6.07) is 12.1. The molecule has 29 heavy (non-hydrogen) atoms. The summed E-state index contributed by atoms with van der Waals surface area (Å²) >= 11 is 0. The molecule has 3 aromatic rings. The van der Waals surface area contributed by atoms with Gasteiger partial charge in [-0.1, -0.05) is 12.1 Å². The SMILES string of the molecule is CC(C(=O)Nc1ccc(S(=O)(=O)N2CCCC2)cc1)n1c(=O)oc2ccccc21. The van der Waals surface area contributed by atoms with Crippen LogP contribution in [-0.4, -0.2) is 36.3 Å². The first-order valence-corrected chi connectivity index (χ1v) is 10.8. The number of fused-ring (bicyclic) bond motifs is 1. The Bertz CT molecular complexity index is 1200. The average molecular weight is 415 g/mol. The van der Waals surface area contributed by atoms with Gasteiger partial charge in [0, 0.05) is 18.8 Å². The normalized spacial score (nSPS) is 16.2. The summed E-state index contributed by atoms with van der Waals surface area (Å²) in [5, 5.41) is 2.72. The van der Waals surface area contributed by atoms with Crippen LogP contribution in [0.1, 0.15) is 25.8 Å². The van der Waals surface area contributed by atoms with Gasteiger partial charge in [0.2, 0.25) is 15.9 Å². The van der Waals surface area contributed by atoms with Crippen LogP contribution in [0.15, 0.2) is 62.6 Å². The fourth-order valence-electron chi connectivity index (χ4n) is 3.50.